The Morgan fingerprint density at radius 2 is 1.83 bits per heavy atom. The molecule has 0 aliphatic heterocycles. The van der Waals surface area contributed by atoms with Gasteiger partial charge in [0.1, 0.15) is 11.4 Å². The molecule has 0 saturated carbocycles. The molecule has 0 fully saturated rings. The lowest BCUT2D eigenvalue weighted by Gasteiger charge is -2.28. The quantitative estimate of drug-likeness (QED) is 0.776. The Labute approximate surface area is 138 Å². The van der Waals surface area contributed by atoms with Gasteiger partial charge in [-0.3, -0.25) is 0 Å². The third-order valence-electron chi connectivity index (χ3n) is 3.52. The van der Waals surface area contributed by atoms with Crippen LogP contribution >= 0.6 is 0 Å². The van der Waals surface area contributed by atoms with Crippen molar-refractivity contribution in [2.75, 3.05) is 4.90 Å². The second-order valence-corrected chi connectivity index (χ2v) is 6.73. The molecule has 2 rings (SSSR count). The number of pyridine rings is 1. The maximum absolute atomic E-state index is 12.8. The van der Waals surface area contributed by atoms with Crippen molar-refractivity contribution in [2.24, 2.45) is 0 Å². The fourth-order valence-electron chi connectivity index (χ4n) is 2.24. The number of anilines is 2. The van der Waals surface area contributed by atoms with Crippen molar-refractivity contribution < 1.29 is 9.53 Å². The first kappa shape index (κ1) is 17.0. The van der Waals surface area contributed by atoms with Gasteiger partial charge in [0.05, 0.1) is 5.69 Å². The van der Waals surface area contributed by atoms with Gasteiger partial charge >= 0.3 is 6.09 Å². The predicted molar refractivity (Wildman–Crippen MR) is 93.3 cm³/mol. The SMILES string of the molecule is Cc1ccnc(N(C(=O)OC(C)(C)C)c2cccc(C)c2C)c1. The molecule has 0 spiro atoms. The largest absolute Gasteiger partial charge is 0.443 e. The van der Waals surface area contributed by atoms with Crippen LogP contribution in [0.5, 0.6) is 0 Å². The fourth-order valence-corrected chi connectivity index (χ4v) is 2.24. The molecule has 1 aromatic heterocycles. The Hall–Kier alpha value is -2.36. The van der Waals surface area contributed by atoms with E-state index in [9.17, 15) is 4.79 Å². The molecule has 1 amide bonds. The number of nitrogens with zero attached hydrogens (tertiary/aromatic N) is 2. The highest BCUT2D eigenvalue weighted by molar-refractivity contribution is 5.96. The van der Waals surface area contributed by atoms with Gasteiger partial charge in [-0.25, -0.2) is 14.7 Å². The van der Waals surface area contributed by atoms with Crippen molar-refractivity contribution in [1.29, 1.82) is 0 Å². The summed E-state index contributed by atoms with van der Waals surface area (Å²) >= 11 is 0. The van der Waals surface area contributed by atoms with Crippen molar-refractivity contribution in [3.05, 3.63) is 53.2 Å². The van der Waals surface area contributed by atoms with Gasteiger partial charge in [-0.05, 0) is 76.4 Å². The van der Waals surface area contributed by atoms with Crippen LogP contribution in [0.4, 0.5) is 16.3 Å². The molecule has 0 aliphatic rings. The van der Waals surface area contributed by atoms with Gasteiger partial charge in [0, 0.05) is 6.20 Å². The van der Waals surface area contributed by atoms with E-state index in [1.807, 2.05) is 71.9 Å². The first-order valence-corrected chi connectivity index (χ1v) is 7.71. The highest BCUT2D eigenvalue weighted by atomic mass is 16.6. The molecule has 122 valence electrons. The Morgan fingerprint density at radius 3 is 2.43 bits per heavy atom. The molecule has 2 aromatic rings. The summed E-state index contributed by atoms with van der Waals surface area (Å²) in [6.45, 7) is 11.6. The van der Waals surface area contributed by atoms with Gasteiger partial charge in [-0.15, -0.1) is 0 Å². The lowest BCUT2D eigenvalue weighted by molar-refractivity contribution is 0.0598. The Balaban J connectivity index is 2.56. The Kier molecular flexibility index (Phi) is 4.73. The van der Waals surface area contributed by atoms with E-state index in [1.165, 1.54) is 0 Å². The summed E-state index contributed by atoms with van der Waals surface area (Å²) < 4.78 is 5.59. The average molecular weight is 312 g/mol. The second-order valence-electron chi connectivity index (χ2n) is 6.73. The number of aromatic nitrogens is 1. The van der Waals surface area contributed by atoms with Crippen LogP contribution in [-0.4, -0.2) is 16.7 Å². The van der Waals surface area contributed by atoms with Crippen LogP contribution in [0.1, 0.15) is 37.5 Å². The lowest BCUT2D eigenvalue weighted by Crippen LogP contribution is -2.34. The molecule has 0 bridgehead atoms. The van der Waals surface area contributed by atoms with E-state index in [0.717, 1.165) is 22.4 Å². The topological polar surface area (TPSA) is 42.4 Å². The van der Waals surface area contributed by atoms with Gasteiger partial charge < -0.3 is 4.74 Å². The molecule has 23 heavy (non-hydrogen) atoms. The van der Waals surface area contributed by atoms with Crippen LogP contribution in [0.25, 0.3) is 0 Å². The van der Waals surface area contributed by atoms with Crippen LogP contribution in [0, 0.1) is 20.8 Å². The predicted octanol–water partition coefficient (Wildman–Crippen LogP) is 5.08. The third kappa shape index (κ3) is 4.09. The fraction of sp³-hybridized carbons (Fsp3) is 0.368. The van der Waals surface area contributed by atoms with Gasteiger partial charge in [0.15, 0.2) is 0 Å². The summed E-state index contributed by atoms with van der Waals surface area (Å²) in [7, 11) is 0. The van der Waals surface area contributed by atoms with Crippen molar-refractivity contribution in [2.45, 2.75) is 47.1 Å². The molecule has 0 saturated heterocycles. The smallest absolute Gasteiger partial charge is 0.420 e. The van der Waals surface area contributed by atoms with E-state index in [1.54, 1.807) is 11.1 Å². The number of amides is 1. The maximum atomic E-state index is 12.8. The first-order valence-electron chi connectivity index (χ1n) is 7.71. The molecule has 0 radical (unpaired) electrons. The van der Waals surface area contributed by atoms with Crippen LogP contribution in [0.3, 0.4) is 0 Å². The zero-order valence-electron chi connectivity index (χ0n) is 14.7. The van der Waals surface area contributed by atoms with Crippen LogP contribution in [0.2, 0.25) is 0 Å². The molecule has 0 unspecified atom stereocenters. The summed E-state index contributed by atoms with van der Waals surface area (Å²) in [5, 5.41) is 0. The minimum absolute atomic E-state index is 0.427. The number of aryl methyl sites for hydroxylation is 2. The van der Waals surface area contributed by atoms with E-state index < -0.39 is 11.7 Å². The lowest BCUT2D eigenvalue weighted by atomic mass is 10.1. The molecule has 0 N–H and O–H groups in total. The van der Waals surface area contributed by atoms with Gasteiger partial charge in [0.25, 0.3) is 0 Å². The molecule has 0 aliphatic carbocycles. The van der Waals surface area contributed by atoms with E-state index in [2.05, 4.69) is 4.98 Å². The number of hydrogen-bond acceptors (Lipinski definition) is 3. The van der Waals surface area contributed by atoms with Gasteiger partial charge in [-0.2, -0.15) is 0 Å². The highest BCUT2D eigenvalue weighted by Gasteiger charge is 2.27. The van der Waals surface area contributed by atoms with Crippen molar-refractivity contribution >= 4 is 17.6 Å². The maximum Gasteiger partial charge on any atom is 0.420 e. The van der Waals surface area contributed by atoms with Gasteiger partial charge in [-0.1, -0.05) is 12.1 Å². The number of benzene rings is 1. The Morgan fingerprint density at radius 1 is 1.13 bits per heavy atom. The normalized spacial score (nSPS) is 11.2. The Bertz CT molecular complexity index is 718. The van der Waals surface area contributed by atoms with Crippen LogP contribution in [-0.2, 0) is 4.74 Å². The molecule has 1 aromatic carbocycles. The molecule has 4 nitrogen and oxygen atoms in total. The molecular weight excluding hydrogens is 288 g/mol. The first-order chi connectivity index (χ1) is 10.7. The second kappa shape index (κ2) is 6.41. The van der Waals surface area contributed by atoms with E-state index in [0.29, 0.717) is 5.82 Å². The number of carbonyl (C=O) groups excluding carboxylic acids is 1. The van der Waals surface area contributed by atoms with E-state index >= 15 is 0 Å². The van der Waals surface area contributed by atoms with E-state index in [4.69, 9.17) is 4.74 Å². The monoisotopic (exact) mass is 312 g/mol. The minimum Gasteiger partial charge on any atom is -0.443 e. The minimum atomic E-state index is -0.573. The molecule has 1 heterocycles. The average Bonchev–Trinajstić information content (AvgIpc) is 2.42. The number of ether oxygens (including phenoxy) is 1. The highest BCUT2D eigenvalue weighted by Crippen LogP contribution is 2.30. The molecule has 4 heteroatoms. The van der Waals surface area contributed by atoms with E-state index in [-0.39, 0.29) is 0 Å². The van der Waals surface area contributed by atoms with Crippen molar-refractivity contribution in [3.8, 4) is 0 Å². The summed E-state index contributed by atoms with van der Waals surface area (Å²) in [5.41, 5.74) is 3.40. The zero-order chi connectivity index (χ0) is 17.2. The van der Waals surface area contributed by atoms with Gasteiger partial charge in [0.2, 0.25) is 0 Å². The van der Waals surface area contributed by atoms with Crippen molar-refractivity contribution in [1.82, 2.24) is 4.98 Å². The summed E-state index contributed by atoms with van der Waals surface area (Å²) in [4.78, 5) is 18.7. The van der Waals surface area contributed by atoms with Crippen molar-refractivity contribution in [3.63, 3.8) is 0 Å². The molecular formula is C19H24N2O2. The van der Waals surface area contributed by atoms with Crippen LogP contribution in [0.15, 0.2) is 36.5 Å². The summed E-state index contributed by atoms with van der Waals surface area (Å²) in [5.74, 6) is 0.563. The summed E-state index contributed by atoms with van der Waals surface area (Å²) in [6, 6.07) is 9.66. The summed E-state index contributed by atoms with van der Waals surface area (Å²) in [6.07, 6.45) is 1.27. The number of rotatable bonds is 2. The molecule has 0 atom stereocenters. The zero-order valence-corrected chi connectivity index (χ0v) is 14.7. The number of carbonyl (C=O) groups is 1. The third-order valence-corrected chi connectivity index (χ3v) is 3.52. The standard InChI is InChI=1S/C19H24N2O2/c1-13-10-11-20-17(12-13)21(18(22)23-19(4,5)6)16-9-7-8-14(2)15(16)3/h7-12H,1-6H3. The van der Waals surface area contributed by atoms with Crippen LogP contribution < -0.4 is 4.90 Å². The number of hydrogen-bond donors (Lipinski definition) is 0.